The Balaban J connectivity index is 1.16. The van der Waals surface area contributed by atoms with Gasteiger partial charge in [0.1, 0.15) is 23.0 Å². The van der Waals surface area contributed by atoms with Crippen molar-refractivity contribution >= 4 is 44.1 Å². The summed E-state index contributed by atoms with van der Waals surface area (Å²) in [7, 11) is 0. The van der Waals surface area contributed by atoms with Gasteiger partial charge in [-0.15, -0.1) is 0 Å². The van der Waals surface area contributed by atoms with E-state index in [4.69, 9.17) is 9.15 Å². The smallest absolute Gasteiger partial charge is 0.138 e. The average molecular weight is 670 g/mol. The SMILES string of the molecule is CC1(C)c2ccccc2-c2ccc(N(C3=CC4Oc5ccccc5C4C=C3)c3cc(-c4ccccc4)c4c(c3)oc3ccc5ccccc5c34)cc21. The molecule has 2 atom stereocenters. The molecule has 0 saturated carbocycles. The third kappa shape index (κ3) is 4.20. The van der Waals surface area contributed by atoms with Crippen molar-refractivity contribution in [1.82, 2.24) is 0 Å². The van der Waals surface area contributed by atoms with Crippen molar-refractivity contribution in [1.29, 1.82) is 0 Å². The standard InChI is InChI=1S/C49H35NO2/c1-49(2)41-18-10-8-16-36(41)37-23-21-32(27-42(37)49)50(33-22-24-39-38-17-9-11-19-43(38)51-45(39)28-33)34-26-40(30-12-4-3-5-13-30)48-46(29-34)52-44-25-20-31-14-6-7-15-35(31)47(44)48/h3-29,39,45H,1-2H3. The number of furan rings is 1. The zero-order valence-electron chi connectivity index (χ0n) is 29.0. The summed E-state index contributed by atoms with van der Waals surface area (Å²) in [6, 6.07) is 52.4. The summed E-state index contributed by atoms with van der Waals surface area (Å²) >= 11 is 0. The maximum absolute atomic E-state index is 6.81. The number of allylic oxidation sites excluding steroid dienone is 1. The molecule has 3 aliphatic rings. The van der Waals surface area contributed by atoms with Crippen LogP contribution in [0.1, 0.15) is 36.5 Å². The normalized spacial score (nSPS) is 17.8. The van der Waals surface area contributed by atoms with Gasteiger partial charge in [-0.3, -0.25) is 0 Å². The van der Waals surface area contributed by atoms with Crippen LogP contribution in [0, 0.1) is 0 Å². The molecule has 2 aliphatic carbocycles. The molecule has 0 amide bonds. The highest BCUT2D eigenvalue weighted by Gasteiger charge is 2.37. The molecule has 0 radical (unpaired) electrons. The summed E-state index contributed by atoms with van der Waals surface area (Å²) in [5.74, 6) is 1.15. The third-order valence-electron chi connectivity index (χ3n) is 11.6. The number of ether oxygens (including phenoxy) is 1. The Morgan fingerprint density at radius 3 is 2.31 bits per heavy atom. The summed E-state index contributed by atoms with van der Waals surface area (Å²) < 4.78 is 13.4. The number of fused-ring (bicyclic) bond motifs is 11. The topological polar surface area (TPSA) is 25.6 Å². The molecule has 2 unspecified atom stereocenters. The molecule has 0 fully saturated rings. The van der Waals surface area contributed by atoms with Crippen LogP contribution in [0.25, 0.3) is 55.0 Å². The second kappa shape index (κ2) is 10.8. The lowest BCUT2D eigenvalue weighted by atomic mass is 9.82. The summed E-state index contributed by atoms with van der Waals surface area (Å²) in [5.41, 5.74) is 13.7. The fourth-order valence-electron chi connectivity index (χ4n) is 9.09. The quantitative estimate of drug-likeness (QED) is 0.186. The van der Waals surface area contributed by atoms with Gasteiger partial charge in [0.25, 0.3) is 0 Å². The monoisotopic (exact) mass is 669 g/mol. The predicted octanol–water partition coefficient (Wildman–Crippen LogP) is 12.8. The van der Waals surface area contributed by atoms with E-state index in [1.165, 1.54) is 38.6 Å². The lowest BCUT2D eigenvalue weighted by molar-refractivity contribution is 0.267. The van der Waals surface area contributed by atoms with Crippen molar-refractivity contribution in [2.75, 3.05) is 4.90 Å². The molecule has 0 N–H and O–H groups in total. The van der Waals surface area contributed by atoms with Gasteiger partial charge in [0.2, 0.25) is 0 Å². The molecule has 1 aromatic heterocycles. The minimum absolute atomic E-state index is 0.0927. The summed E-state index contributed by atoms with van der Waals surface area (Å²) in [5, 5.41) is 4.69. The lowest BCUT2D eigenvalue weighted by Gasteiger charge is -2.31. The number of anilines is 2. The van der Waals surface area contributed by atoms with Gasteiger partial charge in [-0.1, -0.05) is 129 Å². The van der Waals surface area contributed by atoms with E-state index in [2.05, 4.69) is 183 Å². The largest absolute Gasteiger partial charge is 0.485 e. The Hall–Kier alpha value is -6.32. The molecule has 11 rings (SSSR count). The Kier molecular flexibility index (Phi) is 6.13. The third-order valence-corrected chi connectivity index (χ3v) is 11.6. The molecular weight excluding hydrogens is 635 g/mol. The van der Waals surface area contributed by atoms with Gasteiger partial charge in [-0.2, -0.15) is 0 Å². The van der Waals surface area contributed by atoms with Crippen molar-refractivity contribution < 1.29 is 9.15 Å². The van der Waals surface area contributed by atoms with Crippen molar-refractivity contribution in [2.45, 2.75) is 31.3 Å². The van der Waals surface area contributed by atoms with Crippen LogP contribution in [-0.2, 0) is 5.41 Å². The van der Waals surface area contributed by atoms with E-state index < -0.39 is 0 Å². The van der Waals surface area contributed by atoms with Gasteiger partial charge in [0, 0.05) is 45.1 Å². The van der Waals surface area contributed by atoms with Gasteiger partial charge >= 0.3 is 0 Å². The zero-order valence-corrected chi connectivity index (χ0v) is 29.0. The first-order valence-corrected chi connectivity index (χ1v) is 18.2. The molecule has 2 heterocycles. The van der Waals surface area contributed by atoms with Crippen LogP contribution in [0.5, 0.6) is 5.75 Å². The Morgan fingerprint density at radius 2 is 1.38 bits per heavy atom. The van der Waals surface area contributed by atoms with Crippen LogP contribution in [0.3, 0.4) is 0 Å². The highest BCUT2D eigenvalue weighted by molar-refractivity contribution is 6.23. The Labute approximate surface area is 302 Å². The average Bonchev–Trinajstić information content (AvgIpc) is 3.83. The summed E-state index contributed by atoms with van der Waals surface area (Å²) in [4.78, 5) is 2.40. The first kappa shape index (κ1) is 29.4. The van der Waals surface area contributed by atoms with Gasteiger partial charge < -0.3 is 14.1 Å². The maximum atomic E-state index is 6.81. The minimum Gasteiger partial charge on any atom is -0.485 e. The Morgan fingerprint density at radius 1 is 0.596 bits per heavy atom. The van der Waals surface area contributed by atoms with Crippen molar-refractivity contribution in [2.24, 2.45) is 0 Å². The first-order chi connectivity index (χ1) is 25.5. The van der Waals surface area contributed by atoms with Crippen LogP contribution in [0.4, 0.5) is 11.4 Å². The van der Waals surface area contributed by atoms with Crippen LogP contribution in [-0.4, -0.2) is 6.10 Å². The van der Waals surface area contributed by atoms with Gasteiger partial charge in [-0.05, 0) is 86.6 Å². The summed E-state index contributed by atoms with van der Waals surface area (Å²) in [6.45, 7) is 4.69. The minimum atomic E-state index is -0.134. The Bertz CT molecular complexity index is 2820. The molecule has 3 nitrogen and oxygen atoms in total. The molecule has 52 heavy (non-hydrogen) atoms. The predicted molar refractivity (Wildman–Crippen MR) is 214 cm³/mol. The second-order valence-corrected chi connectivity index (χ2v) is 14.8. The maximum Gasteiger partial charge on any atom is 0.138 e. The number of nitrogens with zero attached hydrogens (tertiary/aromatic N) is 1. The van der Waals surface area contributed by atoms with E-state index in [1.807, 2.05) is 0 Å². The summed E-state index contributed by atoms with van der Waals surface area (Å²) in [6.07, 6.45) is 6.80. The molecule has 7 aromatic carbocycles. The van der Waals surface area contributed by atoms with Crippen molar-refractivity contribution in [3.63, 3.8) is 0 Å². The van der Waals surface area contributed by atoms with Gasteiger partial charge in [-0.25, -0.2) is 0 Å². The molecule has 248 valence electrons. The fourth-order valence-corrected chi connectivity index (χ4v) is 9.09. The number of hydrogen-bond acceptors (Lipinski definition) is 3. The number of rotatable bonds is 4. The van der Waals surface area contributed by atoms with Crippen molar-refractivity contribution in [3.05, 3.63) is 186 Å². The molecule has 0 saturated heterocycles. The van der Waals surface area contributed by atoms with E-state index >= 15 is 0 Å². The molecule has 0 bridgehead atoms. The van der Waals surface area contributed by atoms with Gasteiger partial charge in [0.15, 0.2) is 0 Å². The van der Waals surface area contributed by atoms with E-state index in [-0.39, 0.29) is 17.4 Å². The highest BCUT2D eigenvalue weighted by Crippen LogP contribution is 2.52. The van der Waals surface area contributed by atoms with Crippen molar-refractivity contribution in [3.8, 4) is 28.0 Å². The number of benzene rings is 7. The van der Waals surface area contributed by atoms with Gasteiger partial charge in [0.05, 0.1) is 5.69 Å². The van der Waals surface area contributed by atoms with E-state index in [0.29, 0.717) is 0 Å². The van der Waals surface area contributed by atoms with E-state index in [0.717, 1.165) is 55.9 Å². The fraction of sp³-hybridized carbons (Fsp3) is 0.102. The second-order valence-electron chi connectivity index (χ2n) is 14.8. The highest BCUT2D eigenvalue weighted by atomic mass is 16.5. The molecular formula is C49H35NO2. The zero-order chi connectivity index (χ0) is 34.6. The van der Waals surface area contributed by atoms with E-state index in [1.54, 1.807) is 0 Å². The number of para-hydroxylation sites is 1. The molecule has 0 spiro atoms. The first-order valence-electron chi connectivity index (χ1n) is 18.2. The van der Waals surface area contributed by atoms with Crippen LogP contribution < -0.4 is 9.64 Å². The van der Waals surface area contributed by atoms with Crippen LogP contribution in [0.15, 0.2) is 174 Å². The molecule has 1 aliphatic heterocycles. The number of hydrogen-bond donors (Lipinski definition) is 0. The van der Waals surface area contributed by atoms with Crippen LogP contribution >= 0.6 is 0 Å². The lowest BCUT2D eigenvalue weighted by Crippen LogP contribution is -2.24. The molecule has 8 aromatic rings. The van der Waals surface area contributed by atoms with Crippen LogP contribution in [0.2, 0.25) is 0 Å². The van der Waals surface area contributed by atoms with E-state index in [9.17, 15) is 0 Å². The molecule has 3 heteroatoms.